The van der Waals surface area contributed by atoms with Gasteiger partial charge in [0, 0.05) is 33.5 Å². The zero-order valence-corrected chi connectivity index (χ0v) is 24.0. The molecule has 0 saturated heterocycles. The number of carboxylic acids is 1. The average Bonchev–Trinajstić information content (AvgIpc) is 3.17. The minimum absolute atomic E-state index is 0.378. The zero-order valence-electron chi connectivity index (χ0n) is 20.8. The summed E-state index contributed by atoms with van der Waals surface area (Å²) in [5, 5.41) is 10.4. The van der Waals surface area contributed by atoms with E-state index >= 15 is 0 Å². The van der Waals surface area contributed by atoms with Crippen molar-refractivity contribution in [3.8, 4) is 5.75 Å². The molecule has 3 aromatic rings. The molecular weight excluding hydrogens is 538 g/mol. The van der Waals surface area contributed by atoms with Crippen LogP contribution in [0.3, 0.4) is 0 Å². The van der Waals surface area contributed by atoms with Gasteiger partial charge in [-0.2, -0.15) is 4.31 Å². The van der Waals surface area contributed by atoms with Crippen molar-refractivity contribution in [1.82, 2.24) is 4.31 Å². The molecule has 36 heavy (non-hydrogen) atoms. The fourth-order valence-electron chi connectivity index (χ4n) is 3.88. The van der Waals surface area contributed by atoms with Gasteiger partial charge in [0.2, 0.25) is 0 Å². The maximum Gasteiger partial charge on any atom is 0.341 e. The van der Waals surface area contributed by atoms with Gasteiger partial charge in [0.15, 0.2) is 6.61 Å². The number of fused-ring (bicyclic) bond motifs is 1. The van der Waals surface area contributed by atoms with E-state index in [4.69, 9.17) is 21.4 Å². The summed E-state index contributed by atoms with van der Waals surface area (Å²) in [4.78, 5) is 11.9. The minimum Gasteiger partial charge on any atom is -0.482 e. The van der Waals surface area contributed by atoms with E-state index in [-0.39, 0.29) is 6.61 Å². The number of benzene rings is 2. The molecule has 1 heterocycles. The summed E-state index contributed by atoms with van der Waals surface area (Å²) in [5.74, 6) is 0.164. The van der Waals surface area contributed by atoms with Crippen molar-refractivity contribution in [2.24, 2.45) is 0 Å². The third kappa shape index (κ3) is 7.16. The smallest absolute Gasteiger partial charge is 0.341 e. The highest BCUT2D eigenvalue weighted by molar-refractivity contribution is 7.99. The number of thioether (sulfide) groups is 1. The van der Waals surface area contributed by atoms with E-state index in [1.165, 1.54) is 11.3 Å². The largest absolute Gasteiger partial charge is 0.482 e. The summed E-state index contributed by atoms with van der Waals surface area (Å²) in [7, 11) is -3.65. The van der Waals surface area contributed by atoms with Gasteiger partial charge in [-0.05, 0) is 72.7 Å². The molecule has 0 radical (unpaired) electrons. The van der Waals surface area contributed by atoms with Crippen molar-refractivity contribution in [3.63, 3.8) is 0 Å². The molecule has 0 spiro atoms. The molecule has 6 nitrogen and oxygen atoms in total. The molecule has 0 fully saturated rings. The highest BCUT2D eigenvalue weighted by Crippen LogP contribution is 2.37. The number of carbonyl (C=O) groups is 1. The van der Waals surface area contributed by atoms with Crippen LogP contribution in [0.15, 0.2) is 45.5 Å². The highest BCUT2D eigenvalue weighted by Gasteiger charge is 2.28. The van der Waals surface area contributed by atoms with Gasteiger partial charge in [0.1, 0.15) is 9.96 Å². The molecule has 0 aliphatic heterocycles. The van der Waals surface area contributed by atoms with E-state index in [0.717, 1.165) is 51.8 Å². The molecule has 196 valence electrons. The molecule has 0 unspecified atom stereocenters. The number of carboxylic acid groups (broad SMARTS) is 1. The number of rotatable bonds is 14. The van der Waals surface area contributed by atoms with Gasteiger partial charge in [-0.25, -0.2) is 13.2 Å². The first-order chi connectivity index (χ1) is 17.2. The zero-order chi connectivity index (χ0) is 26.3. The molecule has 0 amide bonds. The number of hydrogen-bond acceptors (Lipinski definition) is 6. The first-order valence-corrected chi connectivity index (χ1v) is 15.6. The normalized spacial score (nSPS) is 11.9. The van der Waals surface area contributed by atoms with Gasteiger partial charge < -0.3 is 9.84 Å². The lowest BCUT2D eigenvalue weighted by molar-refractivity contribution is -0.139. The number of aliphatic carboxylic acids is 1. The van der Waals surface area contributed by atoms with Gasteiger partial charge in [-0.3, -0.25) is 0 Å². The Kier molecular flexibility index (Phi) is 10.5. The Morgan fingerprint density at radius 3 is 2.61 bits per heavy atom. The SMILES string of the molecule is CCCCN(CCSc1ccc(OCC(=O)O)c(CCC)c1)S(=O)(=O)c1sc2ccc(Cl)cc2c1C. The fourth-order valence-corrected chi connectivity index (χ4v) is 8.46. The second-order valence-electron chi connectivity index (χ2n) is 8.46. The summed E-state index contributed by atoms with van der Waals surface area (Å²) in [6, 6.07) is 11.2. The molecule has 0 aliphatic carbocycles. The predicted molar refractivity (Wildman–Crippen MR) is 150 cm³/mol. The van der Waals surface area contributed by atoms with E-state index in [2.05, 4.69) is 13.8 Å². The fraction of sp³-hybridized carbons (Fsp3) is 0.423. The van der Waals surface area contributed by atoms with E-state index in [0.29, 0.717) is 33.8 Å². The Labute approximate surface area is 226 Å². The average molecular weight is 570 g/mol. The van der Waals surface area contributed by atoms with E-state index < -0.39 is 16.0 Å². The summed E-state index contributed by atoms with van der Waals surface area (Å²) in [6.45, 7) is 6.43. The summed E-state index contributed by atoms with van der Waals surface area (Å²) in [6.07, 6.45) is 3.37. The van der Waals surface area contributed by atoms with Crippen molar-refractivity contribution in [1.29, 1.82) is 0 Å². The van der Waals surface area contributed by atoms with E-state index in [1.807, 2.05) is 31.2 Å². The van der Waals surface area contributed by atoms with E-state index in [9.17, 15) is 13.2 Å². The third-order valence-electron chi connectivity index (χ3n) is 5.70. The molecule has 1 N–H and O–H groups in total. The van der Waals surface area contributed by atoms with Crippen molar-refractivity contribution in [3.05, 3.63) is 52.5 Å². The van der Waals surface area contributed by atoms with Crippen LogP contribution < -0.4 is 4.74 Å². The van der Waals surface area contributed by atoms with Crippen LogP contribution in [0, 0.1) is 6.92 Å². The number of unbranched alkanes of at least 4 members (excludes halogenated alkanes) is 1. The first-order valence-electron chi connectivity index (χ1n) is 12.0. The Morgan fingerprint density at radius 2 is 1.92 bits per heavy atom. The van der Waals surface area contributed by atoms with Crippen LogP contribution in [0.25, 0.3) is 10.1 Å². The molecule has 3 rings (SSSR count). The molecule has 2 aromatic carbocycles. The van der Waals surface area contributed by atoms with Crippen LogP contribution in [0.5, 0.6) is 5.75 Å². The first kappa shape index (κ1) is 28.8. The van der Waals surface area contributed by atoms with Gasteiger partial charge >= 0.3 is 5.97 Å². The second-order valence-corrected chi connectivity index (χ2v) is 13.3. The number of hydrogen-bond donors (Lipinski definition) is 1. The number of thiophene rings is 1. The predicted octanol–water partition coefficient (Wildman–Crippen LogP) is 6.86. The molecule has 10 heteroatoms. The van der Waals surface area contributed by atoms with Crippen molar-refractivity contribution < 1.29 is 23.1 Å². The summed E-state index contributed by atoms with van der Waals surface area (Å²) >= 11 is 9.03. The molecule has 0 aliphatic rings. The number of ether oxygens (including phenoxy) is 1. The molecule has 1 aromatic heterocycles. The number of halogens is 1. The van der Waals surface area contributed by atoms with Crippen LogP contribution in [0.2, 0.25) is 5.02 Å². The number of sulfonamides is 1. The van der Waals surface area contributed by atoms with Crippen molar-refractivity contribution in [2.75, 3.05) is 25.4 Å². The molecule has 0 atom stereocenters. The van der Waals surface area contributed by atoms with Crippen LogP contribution in [-0.2, 0) is 21.2 Å². The van der Waals surface area contributed by atoms with E-state index in [1.54, 1.807) is 28.2 Å². The van der Waals surface area contributed by atoms with Gasteiger partial charge in [-0.1, -0.05) is 38.3 Å². The van der Waals surface area contributed by atoms with Crippen LogP contribution in [0.4, 0.5) is 0 Å². The Bertz CT molecular complexity index is 1310. The maximum atomic E-state index is 13.7. The Balaban J connectivity index is 1.77. The van der Waals surface area contributed by atoms with Crippen molar-refractivity contribution >= 4 is 60.8 Å². The molecule has 0 bridgehead atoms. The molecular formula is C26H32ClNO5S3. The monoisotopic (exact) mass is 569 g/mol. The van der Waals surface area contributed by atoms with Crippen LogP contribution >= 0.6 is 34.7 Å². The third-order valence-corrected chi connectivity index (χ3v) is 10.7. The summed E-state index contributed by atoms with van der Waals surface area (Å²) in [5.41, 5.74) is 1.70. The highest BCUT2D eigenvalue weighted by atomic mass is 35.5. The minimum atomic E-state index is -3.65. The topological polar surface area (TPSA) is 83.9 Å². The van der Waals surface area contributed by atoms with Gasteiger partial charge in [0.05, 0.1) is 0 Å². The summed E-state index contributed by atoms with van der Waals surface area (Å²) < 4.78 is 35.7. The van der Waals surface area contributed by atoms with Gasteiger partial charge in [0.25, 0.3) is 10.0 Å². The molecule has 0 saturated carbocycles. The standard InChI is InChI=1S/C26H32ClNO5S3/c1-4-6-12-28(36(31,32)26-18(3)22-16-20(27)8-11-24(22)35-26)13-14-34-21-9-10-23(33-17-25(29)30)19(15-21)7-5-2/h8-11,15-16H,4-7,12-14,17H2,1-3H3,(H,29,30). The quantitative estimate of drug-likeness (QED) is 0.213. The lowest BCUT2D eigenvalue weighted by Crippen LogP contribution is -2.34. The van der Waals surface area contributed by atoms with Crippen molar-refractivity contribution in [2.45, 2.75) is 55.6 Å². The number of nitrogens with zero attached hydrogens (tertiary/aromatic N) is 1. The lowest BCUT2D eigenvalue weighted by Gasteiger charge is -2.22. The number of aryl methyl sites for hydroxylation is 2. The van der Waals surface area contributed by atoms with Crippen LogP contribution in [-0.4, -0.2) is 49.2 Å². The Hall–Kier alpha value is -1.78. The van der Waals surface area contributed by atoms with Gasteiger partial charge in [-0.15, -0.1) is 23.1 Å². The second kappa shape index (κ2) is 13.1. The van der Waals surface area contributed by atoms with Crippen LogP contribution in [0.1, 0.15) is 44.2 Å². The Morgan fingerprint density at radius 1 is 1.14 bits per heavy atom. The lowest BCUT2D eigenvalue weighted by atomic mass is 10.1. The maximum absolute atomic E-state index is 13.7.